The van der Waals surface area contributed by atoms with Crippen LogP contribution >= 0.6 is 0 Å². The molecule has 1 heterocycles. The average Bonchev–Trinajstić information content (AvgIpc) is 2.31. The molecule has 1 fully saturated rings. The number of hydrogen-bond donors (Lipinski definition) is 0. The Kier molecular flexibility index (Phi) is 3.48. The second-order valence-corrected chi connectivity index (χ2v) is 3.43. The van der Waals surface area contributed by atoms with Gasteiger partial charge in [0.2, 0.25) is 0 Å². The molecule has 2 rings (SSSR count). The van der Waals surface area contributed by atoms with Gasteiger partial charge in [0.25, 0.3) is 0 Å². The van der Waals surface area contributed by atoms with Crippen molar-refractivity contribution in [2.45, 2.75) is 0 Å². The molecule has 0 amide bonds. The van der Waals surface area contributed by atoms with Gasteiger partial charge in [-0.25, -0.2) is 9.18 Å². The molecule has 0 radical (unpaired) electrons. The van der Waals surface area contributed by atoms with Gasteiger partial charge in [-0.15, -0.1) is 5.06 Å². The number of ether oxygens (including phenoxy) is 1. The number of benzene rings is 1. The van der Waals surface area contributed by atoms with Crippen molar-refractivity contribution in [1.29, 1.82) is 0 Å². The smallest absolute Gasteiger partial charge is 0.357 e. The number of morpholine rings is 1. The van der Waals surface area contributed by atoms with Gasteiger partial charge >= 0.3 is 5.97 Å². The number of hydroxylamine groups is 2. The third kappa shape index (κ3) is 2.77. The van der Waals surface area contributed by atoms with Gasteiger partial charge in [-0.3, -0.25) is 0 Å². The predicted molar refractivity (Wildman–Crippen MR) is 54.2 cm³/mol. The second-order valence-electron chi connectivity index (χ2n) is 3.43. The van der Waals surface area contributed by atoms with Gasteiger partial charge in [0, 0.05) is 0 Å². The van der Waals surface area contributed by atoms with E-state index in [9.17, 15) is 9.18 Å². The van der Waals surface area contributed by atoms with E-state index in [-0.39, 0.29) is 5.82 Å². The summed E-state index contributed by atoms with van der Waals surface area (Å²) in [4.78, 5) is 16.7. The summed E-state index contributed by atoms with van der Waals surface area (Å²) < 4.78 is 17.7. The van der Waals surface area contributed by atoms with Crippen LogP contribution in [0.4, 0.5) is 4.39 Å². The third-order valence-electron chi connectivity index (χ3n) is 2.26. The number of halogens is 1. The molecule has 1 aromatic carbocycles. The Labute approximate surface area is 92.5 Å². The van der Waals surface area contributed by atoms with Crippen LogP contribution in [0, 0.1) is 5.82 Å². The first kappa shape index (κ1) is 11.0. The van der Waals surface area contributed by atoms with Gasteiger partial charge in [0.15, 0.2) is 0 Å². The van der Waals surface area contributed by atoms with Crippen molar-refractivity contribution in [3.63, 3.8) is 0 Å². The van der Waals surface area contributed by atoms with Crippen LogP contribution in [-0.4, -0.2) is 37.3 Å². The zero-order valence-corrected chi connectivity index (χ0v) is 8.69. The summed E-state index contributed by atoms with van der Waals surface area (Å²) in [5.74, 6) is -0.843. The molecule has 0 N–H and O–H groups in total. The molecule has 0 unspecified atom stereocenters. The Morgan fingerprint density at radius 3 is 2.50 bits per heavy atom. The number of nitrogens with zero attached hydrogens (tertiary/aromatic N) is 1. The molecule has 0 spiro atoms. The molecule has 1 aliphatic rings. The zero-order chi connectivity index (χ0) is 11.4. The van der Waals surface area contributed by atoms with Gasteiger partial charge < -0.3 is 9.57 Å². The zero-order valence-electron chi connectivity index (χ0n) is 8.69. The minimum Gasteiger partial charge on any atom is -0.379 e. The standard InChI is InChI=1S/C11H12FNO3/c12-10-3-1-9(2-4-10)11(14)16-13-5-7-15-8-6-13/h1-4H,5-8H2. The van der Waals surface area contributed by atoms with E-state index in [1.165, 1.54) is 24.3 Å². The third-order valence-corrected chi connectivity index (χ3v) is 2.26. The summed E-state index contributed by atoms with van der Waals surface area (Å²) >= 11 is 0. The fraction of sp³-hybridized carbons (Fsp3) is 0.364. The number of rotatable bonds is 2. The van der Waals surface area contributed by atoms with Crippen LogP contribution in [0.15, 0.2) is 24.3 Å². The van der Waals surface area contributed by atoms with Gasteiger partial charge in [-0.1, -0.05) is 0 Å². The van der Waals surface area contributed by atoms with Crippen molar-refractivity contribution in [3.8, 4) is 0 Å². The van der Waals surface area contributed by atoms with E-state index >= 15 is 0 Å². The molecule has 1 aliphatic heterocycles. The lowest BCUT2D eigenvalue weighted by atomic mass is 10.2. The van der Waals surface area contributed by atoms with Crippen LogP contribution in [0.5, 0.6) is 0 Å². The monoisotopic (exact) mass is 225 g/mol. The van der Waals surface area contributed by atoms with Crippen molar-refractivity contribution < 1.29 is 18.8 Å². The second kappa shape index (κ2) is 5.05. The summed E-state index contributed by atoms with van der Waals surface area (Å²) in [6.45, 7) is 2.23. The molecule has 86 valence electrons. The highest BCUT2D eigenvalue weighted by Gasteiger charge is 2.16. The maximum absolute atomic E-state index is 12.6. The first-order valence-electron chi connectivity index (χ1n) is 5.06. The Morgan fingerprint density at radius 2 is 1.88 bits per heavy atom. The van der Waals surface area contributed by atoms with Crippen molar-refractivity contribution in [2.24, 2.45) is 0 Å². The summed E-state index contributed by atoms with van der Waals surface area (Å²) in [6.07, 6.45) is 0. The highest BCUT2D eigenvalue weighted by Crippen LogP contribution is 2.07. The number of carbonyl (C=O) groups is 1. The molecule has 16 heavy (non-hydrogen) atoms. The molecule has 1 aromatic rings. The van der Waals surface area contributed by atoms with Crippen LogP contribution in [-0.2, 0) is 9.57 Å². The molecule has 5 heteroatoms. The van der Waals surface area contributed by atoms with E-state index in [1.54, 1.807) is 5.06 Å². The number of carbonyl (C=O) groups excluding carboxylic acids is 1. The molecular weight excluding hydrogens is 213 g/mol. The number of hydrogen-bond acceptors (Lipinski definition) is 4. The summed E-state index contributed by atoms with van der Waals surface area (Å²) in [7, 11) is 0. The molecule has 0 atom stereocenters. The minimum atomic E-state index is -0.470. The lowest BCUT2D eigenvalue weighted by Crippen LogP contribution is -2.37. The molecule has 0 aromatic heterocycles. The van der Waals surface area contributed by atoms with Crippen molar-refractivity contribution in [2.75, 3.05) is 26.3 Å². The fourth-order valence-corrected chi connectivity index (χ4v) is 1.39. The van der Waals surface area contributed by atoms with Gasteiger partial charge in [0.05, 0.1) is 31.9 Å². The molecule has 0 saturated carbocycles. The first-order valence-corrected chi connectivity index (χ1v) is 5.06. The average molecular weight is 225 g/mol. The predicted octanol–water partition coefficient (Wildman–Crippen LogP) is 1.23. The molecule has 0 aliphatic carbocycles. The Morgan fingerprint density at radius 1 is 1.25 bits per heavy atom. The van der Waals surface area contributed by atoms with E-state index in [4.69, 9.17) is 9.57 Å². The Bertz CT molecular complexity index is 360. The van der Waals surface area contributed by atoms with E-state index in [0.717, 1.165) is 0 Å². The van der Waals surface area contributed by atoms with Crippen LogP contribution < -0.4 is 0 Å². The quantitative estimate of drug-likeness (QED) is 0.758. The maximum atomic E-state index is 12.6. The highest BCUT2D eigenvalue weighted by atomic mass is 19.1. The topological polar surface area (TPSA) is 38.8 Å². The van der Waals surface area contributed by atoms with E-state index in [1.807, 2.05) is 0 Å². The van der Waals surface area contributed by atoms with Crippen LogP contribution in [0.1, 0.15) is 10.4 Å². The normalized spacial score (nSPS) is 17.1. The van der Waals surface area contributed by atoms with Crippen molar-refractivity contribution in [1.82, 2.24) is 5.06 Å². The van der Waals surface area contributed by atoms with Crippen LogP contribution in [0.3, 0.4) is 0 Å². The van der Waals surface area contributed by atoms with E-state index < -0.39 is 5.97 Å². The fourth-order valence-electron chi connectivity index (χ4n) is 1.39. The van der Waals surface area contributed by atoms with Gasteiger partial charge in [-0.05, 0) is 24.3 Å². The molecule has 1 saturated heterocycles. The SMILES string of the molecule is O=C(ON1CCOCC1)c1ccc(F)cc1. The summed E-state index contributed by atoms with van der Waals surface area (Å²) in [6, 6.07) is 5.27. The summed E-state index contributed by atoms with van der Waals surface area (Å²) in [5.41, 5.74) is 0.341. The molecule has 4 nitrogen and oxygen atoms in total. The van der Waals surface area contributed by atoms with Gasteiger partial charge in [0.1, 0.15) is 5.82 Å². The molecule has 0 bridgehead atoms. The lowest BCUT2D eigenvalue weighted by molar-refractivity contribution is -0.150. The Hall–Kier alpha value is -1.46. The maximum Gasteiger partial charge on any atom is 0.357 e. The first-order chi connectivity index (χ1) is 7.75. The minimum absolute atomic E-state index is 0.341. The highest BCUT2D eigenvalue weighted by molar-refractivity contribution is 5.89. The van der Waals surface area contributed by atoms with Crippen LogP contribution in [0.2, 0.25) is 0 Å². The van der Waals surface area contributed by atoms with Crippen molar-refractivity contribution >= 4 is 5.97 Å². The van der Waals surface area contributed by atoms with Gasteiger partial charge in [-0.2, -0.15) is 0 Å². The molecular formula is C11H12FNO3. The van der Waals surface area contributed by atoms with Crippen LogP contribution in [0.25, 0.3) is 0 Å². The Balaban J connectivity index is 1.94. The van der Waals surface area contributed by atoms with E-state index in [0.29, 0.717) is 31.9 Å². The lowest BCUT2D eigenvalue weighted by Gasteiger charge is -2.24. The van der Waals surface area contributed by atoms with E-state index in [2.05, 4.69) is 0 Å². The largest absolute Gasteiger partial charge is 0.379 e. The van der Waals surface area contributed by atoms with Crippen molar-refractivity contribution in [3.05, 3.63) is 35.6 Å². The summed E-state index contributed by atoms with van der Waals surface area (Å²) in [5, 5.41) is 1.55.